The fourth-order valence-corrected chi connectivity index (χ4v) is 2.07. The Bertz CT molecular complexity index is 625. The predicted octanol–water partition coefficient (Wildman–Crippen LogP) is 2.95. The normalized spacial score (nSPS) is 10.8. The molecule has 104 valence electrons. The summed E-state index contributed by atoms with van der Waals surface area (Å²) in [5.74, 6) is 0. The summed E-state index contributed by atoms with van der Waals surface area (Å²) in [7, 11) is 0. The van der Waals surface area contributed by atoms with Crippen molar-refractivity contribution in [2.45, 2.75) is 33.0 Å². The molecule has 1 aromatic carbocycles. The second-order valence-corrected chi connectivity index (χ2v) is 5.40. The highest BCUT2D eigenvalue weighted by Gasteiger charge is 2.05. The Labute approximate surface area is 124 Å². The Balaban J connectivity index is 2.05. The lowest BCUT2D eigenvalue weighted by atomic mass is 10.1. The van der Waals surface area contributed by atoms with Crippen LogP contribution in [0.3, 0.4) is 0 Å². The van der Waals surface area contributed by atoms with Gasteiger partial charge in [0, 0.05) is 30.4 Å². The van der Waals surface area contributed by atoms with E-state index in [0.29, 0.717) is 23.2 Å². The van der Waals surface area contributed by atoms with Crippen LogP contribution >= 0.6 is 11.6 Å². The third-order valence-corrected chi connectivity index (χ3v) is 3.27. The van der Waals surface area contributed by atoms with Crippen molar-refractivity contribution in [3.63, 3.8) is 0 Å². The van der Waals surface area contributed by atoms with Crippen molar-refractivity contribution >= 4 is 11.6 Å². The van der Waals surface area contributed by atoms with Gasteiger partial charge in [-0.1, -0.05) is 31.5 Å². The molecule has 2 aromatic rings. The van der Waals surface area contributed by atoms with Crippen molar-refractivity contribution < 1.29 is 0 Å². The van der Waals surface area contributed by atoms with Gasteiger partial charge in [-0.3, -0.25) is 0 Å². The summed E-state index contributed by atoms with van der Waals surface area (Å²) in [4.78, 5) is 4.35. The van der Waals surface area contributed by atoms with Crippen LogP contribution in [0.25, 0.3) is 0 Å². The van der Waals surface area contributed by atoms with E-state index < -0.39 is 0 Å². The zero-order chi connectivity index (χ0) is 14.5. The molecule has 0 atom stereocenters. The summed E-state index contributed by atoms with van der Waals surface area (Å²) < 4.78 is 1.99. The monoisotopic (exact) mass is 288 g/mol. The lowest BCUT2D eigenvalue weighted by Crippen LogP contribution is -2.21. The average molecular weight is 289 g/mol. The quantitative estimate of drug-likeness (QED) is 0.920. The molecule has 0 saturated heterocycles. The van der Waals surface area contributed by atoms with Crippen molar-refractivity contribution in [2.24, 2.45) is 0 Å². The summed E-state index contributed by atoms with van der Waals surface area (Å²) >= 11 is 6.17. The fraction of sp³-hybridized carbons (Fsp3) is 0.333. The molecule has 0 fully saturated rings. The largest absolute Gasteiger partial charge is 0.333 e. The highest BCUT2D eigenvalue weighted by Crippen LogP contribution is 2.18. The number of rotatable bonds is 5. The Morgan fingerprint density at radius 1 is 1.45 bits per heavy atom. The van der Waals surface area contributed by atoms with Crippen LogP contribution in [0.5, 0.6) is 0 Å². The number of hydrogen-bond acceptors (Lipinski definition) is 3. The van der Waals surface area contributed by atoms with Gasteiger partial charge in [-0.15, -0.1) is 0 Å². The number of nitrogens with zero attached hydrogens (tertiary/aromatic N) is 3. The van der Waals surface area contributed by atoms with Gasteiger partial charge in [-0.05, 0) is 17.7 Å². The SMILES string of the molecule is CC(C)NCc1cn(Cc2ccc(C#N)cc2Cl)cn1. The van der Waals surface area contributed by atoms with Crippen LogP contribution in [-0.2, 0) is 13.1 Å². The first kappa shape index (κ1) is 14.6. The molecular weight excluding hydrogens is 272 g/mol. The molecule has 20 heavy (non-hydrogen) atoms. The molecule has 0 unspecified atom stereocenters. The van der Waals surface area contributed by atoms with E-state index in [9.17, 15) is 0 Å². The third kappa shape index (κ3) is 3.83. The molecule has 2 rings (SSSR count). The molecule has 1 aromatic heterocycles. The van der Waals surface area contributed by atoms with Crippen LogP contribution in [0.4, 0.5) is 0 Å². The van der Waals surface area contributed by atoms with Gasteiger partial charge in [0.1, 0.15) is 0 Å². The maximum Gasteiger partial charge on any atom is 0.0992 e. The van der Waals surface area contributed by atoms with E-state index in [2.05, 4.69) is 30.2 Å². The summed E-state index contributed by atoms with van der Waals surface area (Å²) in [5.41, 5.74) is 2.56. The van der Waals surface area contributed by atoms with Gasteiger partial charge in [0.15, 0.2) is 0 Å². The zero-order valence-corrected chi connectivity index (χ0v) is 12.4. The minimum absolute atomic E-state index is 0.438. The van der Waals surface area contributed by atoms with E-state index in [1.54, 1.807) is 18.5 Å². The van der Waals surface area contributed by atoms with E-state index in [1.807, 2.05) is 16.8 Å². The van der Waals surface area contributed by atoms with E-state index in [4.69, 9.17) is 16.9 Å². The van der Waals surface area contributed by atoms with Crippen molar-refractivity contribution in [2.75, 3.05) is 0 Å². The van der Waals surface area contributed by atoms with Crippen LogP contribution < -0.4 is 5.32 Å². The highest BCUT2D eigenvalue weighted by molar-refractivity contribution is 6.31. The van der Waals surface area contributed by atoms with Crippen LogP contribution in [0, 0.1) is 11.3 Å². The number of aromatic nitrogens is 2. The molecule has 0 amide bonds. The number of nitrogens with one attached hydrogen (secondary N) is 1. The molecule has 0 radical (unpaired) electrons. The molecule has 4 nitrogen and oxygen atoms in total. The summed E-state index contributed by atoms with van der Waals surface area (Å²) in [6.45, 7) is 5.62. The molecule has 5 heteroatoms. The highest BCUT2D eigenvalue weighted by atomic mass is 35.5. The molecule has 1 N–H and O–H groups in total. The number of hydrogen-bond donors (Lipinski definition) is 1. The molecule has 0 bridgehead atoms. The maximum absolute atomic E-state index is 8.82. The molecule has 0 spiro atoms. The average Bonchev–Trinajstić information content (AvgIpc) is 2.86. The van der Waals surface area contributed by atoms with Gasteiger partial charge in [-0.2, -0.15) is 5.26 Å². The van der Waals surface area contributed by atoms with Gasteiger partial charge in [0.25, 0.3) is 0 Å². The van der Waals surface area contributed by atoms with Crippen molar-refractivity contribution in [1.82, 2.24) is 14.9 Å². The molecule has 1 heterocycles. The lowest BCUT2D eigenvalue weighted by Gasteiger charge is -2.06. The molecule has 0 aliphatic heterocycles. The zero-order valence-electron chi connectivity index (χ0n) is 11.6. The van der Waals surface area contributed by atoms with Crippen molar-refractivity contribution in [1.29, 1.82) is 5.26 Å². The van der Waals surface area contributed by atoms with Gasteiger partial charge >= 0.3 is 0 Å². The molecule has 0 aliphatic carbocycles. The first-order chi connectivity index (χ1) is 9.58. The summed E-state index contributed by atoms with van der Waals surface area (Å²) in [5, 5.41) is 12.8. The second-order valence-electron chi connectivity index (χ2n) is 4.99. The van der Waals surface area contributed by atoms with E-state index in [-0.39, 0.29) is 0 Å². The van der Waals surface area contributed by atoms with E-state index >= 15 is 0 Å². The van der Waals surface area contributed by atoms with Gasteiger partial charge in [-0.25, -0.2) is 4.98 Å². The number of halogens is 1. The predicted molar refractivity (Wildman–Crippen MR) is 79.5 cm³/mol. The summed E-state index contributed by atoms with van der Waals surface area (Å²) in [6.07, 6.45) is 3.80. The molecular formula is C15H17ClN4. The van der Waals surface area contributed by atoms with Gasteiger partial charge < -0.3 is 9.88 Å². The fourth-order valence-electron chi connectivity index (χ4n) is 1.83. The lowest BCUT2D eigenvalue weighted by molar-refractivity contribution is 0.582. The second kappa shape index (κ2) is 6.56. The Morgan fingerprint density at radius 3 is 2.90 bits per heavy atom. The number of benzene rings is 1. The van der Waals surface area contributed by atoms with Crippen LogP contribution in [0.15, 0.2) is 30.7 Å². The first-order valence-corrected chi connectivity index (χ1v) is 6.89. The third-order valence-electron chi connectivity index (χ3n) is 2.91. The van der Waals surface area contributed by atoms with Gasteiger partial charge in [0.2, 0.25) is 0 Å². The number of imidazole rings is 1. The van der Waals surface area contributed by atoms with Crippen molar-refractivity contribution in [3.05, 3.63) is 52.6 Å². The minimum Gasteiger partial charge on any atom is -0.333 e. The summed E-state index contributed by atoms with van der Waals surface area (Å²) in [6, 6.07) is 7.87. The van der Waals surface area contributed by atoms with E-state index in [0.717, 1.165) is 17.8 Å². The maximum atomic E-state index is 8.82. The van der Waals surface area contributed by atoms with Crippen molar-refractivity contribution in [3.8, 4) is 6.07 Å². The first-order valence-electron chi connectivity index (χ1n) is 6.51. The molecule has 0 aliphatic rings. The Kier molecular flexibility index (Phi) is 4.78. The number of nitriles is 1. The van der Waals surface area contributed by atoms with Crippen LogP contribution in [0.2, 0.25) is 5.02 Å². The minimum atomic E-state index is 0.438. The molecule has 0 saturated carbocycles. The van der Waals surface area contributed by atoms with Crippen LogP contribution in [0.1, 0.15) is 30.7 Å². The Morgan fingerprint density at radius 2 is 2.25 bits per heavy atom. The topological polar surface area (TPSA) is 53.6 Å². The standard InChI is InChI=1S/C15H17ClN4/c1-11(2)18-7-14-9-20(10-19-14)8-13-4-3-12(6-17)5-15(13)16/h3-5,9-11,18H,7-8H2,1-2H3. The van der Waals surface area contributed by atoms with Gasteiger partial charge in [0.05, 0.1) is 23.7 Å². The smallest absolute Gasteiger partial charge is 0.0992 e. The van der Waals surface area contributed by atoms with E-state index in [1.165, 1.54) is 0 Å². The Hall–Kier alpha value is -1.83. The van der Waals surface area contributed by atoms with Crippen LogP contribution in [-0.4, -0.2) is 15.6 Å².